The largest absolute Gasteiger partial charge is 0.419 e. The molecule has 37 heavy (non-hydrogen) atoms. The lowest BCUT2D eigenvalue weighted by molar-refractivity contribution is -0.140. The van der Waals surface area contributed by atoms with Gasteiger partial charge in [0.2, 0.25) is 15.9 Å². The van der Waals surface area contributed by atoms with Crippen molar-refractivity contribution in [1.82, 2.24) is 4.31 Å². The van der Waals surface area contributed by atoms with Gasteiger partial charge in [-0.2, -0.15) is 17.5 Å². The highest BCUT2D eigenvalue weighted by Crippen LogP contribution is 2.36. The topological polar surface area (TPSA) is 66.5 Å². The van der Waals surface area contributed by atoms with E-state index in [1.165, 1.54) is 28.6 Å². The van der Waals surface area contributed by atoms with Crippen molar-refractivity contribution >= 4 is 56.4 Å². The van der Waals surface area contributed by atoms with E-state index >= 15 is 0 Å². The molecule has 0 radical (unpaired) electrons. The number of hydrogen-bond acceptors (Lipinski definition) is 3. The number of amides is 1. The number of fused-ring (bicyclic) bond motifs is 1. The summed E-state index contributed by atoms with van der Waals surface area (Å²) in [6.07, 6.45) is -5.40. The zero-order valence-electron chi connectivity index (χ0n) is 18.7. The molecule has 1 amide bonds. The third kappa shape index (κ3) is 5.73. The molecule has 0 bridgehead atoms. The van der Waals surface area contributed by atoms with Gasteiger partial charge in [-0.15, -0.1) is 0 Å². The second-order valence-corrected chi connectivity index (χ2v) is 11.4. The lowest BCUT2D eigenvalue weighted by Crippen LogP contribution is -2.36. The zero-order chi connectivity index (χ0) is 27.1. The third-order valence-corrected chi connectivity index (χ3v) is 8.70. The van der Waals surface area contributed by atoms with Crippen LogP contribution < -0.4 is 5.32 Å². The highest BCUT2D eigenvalue weighted by Gasteiger charge is 2.35. The molecule has 4 rings (SSSR count). The van der Waals surface area contributed by atoms with E-state index in [0.717, 1.165) is 12.1 Å². The Bertz CT molecular complexity index is 1500. The Morgan fingerprint density at radius 1 is 1.03 bits per heavy atom. The van der Waals surface area contributed by atoms with Gasteiger partial charge in [-0.25, -0.2) is 12.8 Å². The van der Waals surface area contributed by atoms with Crippen molar-refractivity contribution in [2.45, 2.75) is 30.5 Å². The highest BCUT2D eigenvalue weighted by molar-refractivity contribution is 7.89. The molecule has 0 aliphatic carbocycles. The Hall–Kier alpha value is -2.37. The first-order chi connectivity index (χ1) is 17.3. The van der Waals surface area contributed by atoms with Crippen molar-refractivity contribution in [3.63, 3.8) is 0 Å². The summed E-state index contributed by atoms with van der Waals surface area (Å²) in [5.74, 6) is -2.30. The minimum absolute atomic E-state index is 0.0149. The van der Waals surface area contributed by atoms with Crippen molar-refractivity contribution < 1.29 is 30.8 Å². The van der Waals surface area contributed by atoms with E-state index < -0.39 is 45.5 Å². The summed E-state index contributed by atoms with van der Waals surface area (Å²) in [4.78, 5) is 12.5. The van der Waals surface area contributed by atoms with Crippen molar-refractivity contribution in [2.24, 2.45) is 0 Å². The average molecular weight is 596 g/mol. The van der Waals surface area contributed by atoms with Crippen LogP contribution in [0.3, 0.4) is 0 Å². The number of carbonyl (C=O) groups excluding carboxylic acids is 1. The molecule has 1 aliphatic rings. The lowest BCUT2D eigenvalue weighted by Gasteiger charge is -2.30. The number of halogens is 7. The summed E-state index contributed by atoms with van der Waals surface area (Å²) in [6.45, 7) is -0.0214. The van der Waals surface area contributed by atoms with Crippen LogP contribution in [0.2, 0.25) is 15.1 Å². The maximum absolute atomic E-state index is 14.4. The Kier molecular flexibility index (Phi) is 7.79. The zero-order valence-corrected chi connectivity index (χ0v) is 21.8. The molecule has 0 atom stereocenters. The quantitative estimate of drug-likeness (QED) is 0.333. The van der Waals surface area contributed by atoms with Gasteiger partial charge in [-0.05, 0) is 53.4 Å². The molecule has 3 aromatic carbocycles. The predicted molar refractivity (Wildman–Crippen MR) is 133 cm³/mol. The van der Waals surface area contributed by atoms with E-state index in [1.807, 2.05) is 0 Å². The van der Waals surface area contributed by atoms with Crippen LogP contribution in [0.1, 0.15) is 22.3 Å². The normalized spacial score (nSPS) is 14.4. The molecule has 13 heteroatoms. The first-order valence-corrected chi connectivity index (χ1v) is 13.3. The second-order valence-electron chi connectivity index (χ2n) is 8.22. The van der Waals surface area contributed by atoms with Gasteiger partial charge in [-0.1, -0.05) is 53.0 Å². The number of alkyl halides is 3. The van der Waals surface area contributed by atoms with Crippen LogP contribution in [0.25, 0.3) is 0 Å². The van der Waals surface area contributed by atoms with Gasteiger partial charge in [0.1, 0.15) is 10.7 Å². The molecule has 5 nitrogen and oxygen atoms in total. The fraction of sp³-hybridized carbons (Fsp3) is 0.208. The molecule has 3 aromatic rings. The van der Waals surface area contributed by atoms with Gasteiger partial charge in [0.15, 0.2) is 0 Å². The maximum Gasteiger partial charge on any atom is 0.419 e. The number of rotatable bonds is 5. The van der Waals surface area contributed by atoms with E-state index in [4.69, 9.17) is 34.8 Å². The van der Waals surface area contributed by atoms with Crippen molar-refractivity contribution in [2.75, 3.05) is 11.9 Å². The summed E-state index contributed by atoms with van der Waals surface area (Å²) in [5, 5.41) is 2.91. The minimum Gasteiger partial charge on any atom is -0.324 e. The molecule has 196 valence electrons. The SMILES string of the molecule is O=C(Cc1cccc(C(F)(F)F)c1F)Nc1c(Cl)ccc2c1CCN(S(=O)(=O)c1cc(Cl)ccc1Cl)C2. The Morgan fingerprint density at radius 2 is 1.73 bits per heavy atom. The molecule has 0 unspecified atom stereocenters. The Balaban J connectivity index is 1.57. The number of hydrogen-bond donors (Lipinski definition) is 1. The van der Waals surface area contributed by atoms with E-state index in [2.05, 4.69) is 5.32 Å². The van der Waals surface area contributed by atoms with E-state index in [-0.39, 0.29) is 45.2 Å². The monoisotopic (exact) mass is 594 g/mol. The van der Waals surface area contributed by atoms with Crippen molar-refractivity contribution in [3.05, 3.63) is 91.7 Å². The highest BCUT2D eigenvalue weighted by atomic mass is 35.5. The van der Waals surface area contributed by atoms with Gasteiger partial charge in [0, 0.05) is 18.1 Å². The fourth-order valence-corrected chi connectivity index (χ4v) is 6.43. The molecule has 0 fully saturated rings. The van der Waals surface area contributed by atoms with E-state index in [1.54, 1.807) is 6.07 Å². The Labute approximate surface area is 225 Å². The van der Waals surface area contributed by atoms with Crippen LogP contribution in [0, 0.1) is 5.82 Å². The number of anilines is 1. The lowest BCUT2D eigenvalue weighted by atomic mass is 9.98. The Morgan fingerprint density at radius 3 is 2.43 bits per heavy atom. The fourth-order valence-electron chi connectivity index (χ4n) is 4.05. The number of benzene rings is 3. The van der Waals surface area contributed by atoms with Crippen LogP contribution >= 0.6 is 34.8 Å². The number of carbonyl (C=O) groups is 1. The summed E-state index contributed by atoms with van der Waals surface area (Å²) in [6, 6.07) is 9.89. The molecule has 0 saturated carbocycles. The molecule has 1 N–H and O–H groups in total. The van der Waals surface area contributed by atoms with Crippen LogP contribution in [-0.2, 0) is 40.4 Å². The van der Waals surface area contributed by atoms with Crippen molar-refractivity contribution in [3.8, 4) is 0 Å². The number of nitrogens with zero attached hydrogens (tertiary/aromatic N) is 1. The molecule has 1 heterocycles. The second kappa shape index (κ2) is 10.4. The molecule has 0 spiro atoms. The van der Waals surface area contributed by atoms with Crippen LogP contribution in [0.5, 0.6) is 0 Å². The van der Waals surface area contributed by atoms with Gasteiger partial charge in [0.25, 0.3) is 0 Å². The van der Waals surface area contributed by atoms with Gasteiger partial charge in [-0.3, -0.25) is 4.79 Å². The van der Waals surface area contributed by atoms with Gasteiger partial charge < -0.3 is 5.32 Å². The minimum atomic E-state index is -4.90. The number of sulfonamides is 1. The average Bonchev–Trinajstić information content (AvgIpc) is 2.82. The summed E-state index contributed by atoms with van der Waals surface area (Å²) >= 11 is 18.3. The molecule has 1 aliphatic heterocycles. The van der Waals surface area contributed by atoms with Gasteiger partial charge >= 0.3 is 6.18 Å². The smallest absolute Gasteiger partial charge is 0.324 e. The molecule has 0 aromatic heterocycles. The molecule has 0 saturated heterocycles. The first kappa shape index (κ1) is 27.7. The summed E-state index contributed by atoms with van der Waals surface area (Å²) < 4.78 is 81.0. The predicted octanol–water partition coefficient (Wildman–Crippen LogP) is 6.73. The van der Waals surface area contributed by atoms with E-state index in [9.17, 15) is 30.8 Å². The standard InChI is InChI=1S/C24H17Cl3F4N2O3S/c25-15-5-7-18(26)20(11-15)37(35,36)33-9-8-16-14(12-33)4-6-19(27)23(16)32-21(34)10-13-2-1-3-17(22(13)28)24(29,30)31/h1-7,11H,8-10,12H2,(H,32,34). The first-order valence-electron chi connectivity index (χ1n) is 10.7. The van der Waals surface area contributed by atoms with Crippen LogP contribution in [0.15, 0.2) is 53.4 Å². The van der Waals surface area contributed by atoms with E-state index in [0.29, 0.717) is 17.2 Å². The van der Waals surface area contributed by atoms with Crippen molar-refractivity contribution in [1.29, 1.82) is 0 Å². The number of nitrogens with one attached hydrogen (secondary N) is 1. The maximum atomic E-state index is 14.4. The summed E-state index contributed by atoms with van der Waals surface area (Å²) in [5.41, 5.74) is -0.584. The summed E-state index contributed by atoms with van der Waals surface area (Å²) in [7, 11) is -4.00. The van der Waals surface area contributed by atoms with Gasteiger partial charge in [0.05, 0.1) is 27.7 Å². The third-order valence-electron chi connectivity index (χ3n) is 5.83. The molecular weight excluding hydrogens is 579 g/mol. The molecular formula is C24H17Cl3F4N2O3S. The van der Waals surface area contributed by atoms with Crippen LogP contribution in [0.4, 0.5) is 23.2 Å². The van der Waals surface area contributed by atoms with Crippen LogP contribution in [-0.4, -0.2) is 25.2 Å².